The smallest absolute Gasteiger partial charge is 0.321 e. The molecule has 1 atom stereocenters. The van der Waals surface area contributed by atoms with Gasteiger partial charge in [0, 0.05) is 37.9 Å². The largest absolute Gasteiger partial charge is 0.497 e. The van der Waals surface area contributed by atoms with Crippen molar-refractivity contribution in [1.82, 2.24) is 19.4 Å². The van der Waals surface area contributed by atoms with Crippen LogP contribution in [0.1, 0.15) is 18.2 Å². The number of nitrogens with zero attached hydrogens (tertiary/aromatic N) is 4. The van der Waals surface area contributed by atoms with Crippen LogP contribution in [0.25, 0.3) is 11.2 Å². The van der Waals surface area contributed by atoms with Gasteiger partial charge in [0.1, 0.15) is 17.1 Å². The van der Waals surface area contributed by atoms with Crippen LogP contribution >= 0.6 is 0 Å². The zero-order valence-electron chi connectivity index (χ0n) is 14.8. The molecule has 3 heterocycles. The lowest BCUT2D eigenvalue weighted by Gasteiger charge is -2.17. The van der Waals surface area contributed by atoms with Crippen LogP contribution in [0.15, 0.2) is 42.6 Å². The second-order valence-corrected chi connectivity index (χ2v) is 6.47. The molecule has 3 aromatic rings. The number of aromatic nitrogens is 3. The zero-order valence-corrected chi connectivity index (χ0v) is 14.8. The van der Waals surface area contributed by atoms with Gasteiger partial charge in [-0.15, -0.1) is 0 Å². The van der Waals surface area contributed by atoms with E-state index in [1.165, 1.54) is 0 Å². The molecule has 7 nitrogen and oxygen atoms in total. The van der Waals surface area contributed by atoms with E-state index in [1.54, 1.807) is 13.3 Å². The van der Waals surface area contributed by atoms with Crippen molar-refractivity contribution in [2.45, 2.75) is 12.3 Å². The molecule has 1 saturated heterocycles. The molecule has 2 amide bonds. The molecule has 1 aromatic carbocycles. The number of anilines is 1. The first-order valence-corrected chi connectivity index (χ1v) is 8.63. The van der Waals surface area contributed by atoms with Gasteiger partial charge in [-0.05, 0) is 42.8 Å². The maximum absolute atomic E-state index is 12.5. The number of hydrogen-bond donors (Lipinski definition) is 1. The van der Waals surface area contributed by atoms with Crippen LogP contribution in [0.4, 0.5) is 10.5 Å². The highest BCUT2D eigenvalue weighted by molar-refractivity contribution is 5.89. The van der Waals surface area contributed by atoms with Gasteiger partial charge < -0.3 is 19.5 Å². The number of hydrogen-bond acceptors (Lipinski definition) is 4. The number of amides is 2. The quantitative estimate of drug-likeness (QED) is 0.787. The van der Waals surface area contributed by atoms with Gasteiger partial charge in [0.15, 0.2) is 5.65 Å². The normalized spacial score (nSPS) is 16.8. The highest BCUT2D eigenvalue weighted by Crippen LogP contribution is 2.28. The van der Waals surface area contributed by atoms with Gasteiger partial charge in [-0.2, -0.15) is 0 Å². The third kappa shape index (κ3) is 2.96. The van der Waals surface area contributed by atoms with E-state index in [9.17, 15) is 4.79 Å². The molecule has 1 aliphatic rings. The maximum atomic E-state index is 12.5. The van der Waals surface area contributed by atoms with E-state index in [0.717, 1.165) is 34.8 Å². The first kappa shape index (κ1) is 16.4. The Labute approximate surface area is 151 Å². The number of fused-ring (bicyclic) bond motifs is 1. The van der Waals surface area contributed by atoms with Gasteiger partial charge in [0.05, 0.1) is 7.11 Å². The number of imidazole rings is 1. The van der Waals surface area contributed by atoms with Gasteiger partial charge in [-0.3, -0.25) is 0 Å². The Morgan fingerprint density at radius 2 is 2.08 bits per heavy atom. The minimum atomic E-state index is -0.0884. The second-order valence-electron chi connectivity index (χ2n) is 6.47. The predicted molar refractivity (Wildman–Crippen MR) is 99.5 cm³/mol. The van der Waals surface area contributed by atoms with Crippen LogP contribution in [0.5, 0.6) is 5.75 Å². The monoisotopic (exact) mass is 351 g/mol. The molecule has 1 aliphatic heterocycles. The number of carbonyl (C=O) groups is 1. The summed E-state index contributed by atoms with van der Waals surface area (Å²) in [6, 6.07) is 11.1. The van der Waals surface area contributed by atoms with E-state index in [1.807, 2.05) is 52.9 Å². The summed E-state index contributed by atoms with van der Waals surface area (Å²) in [7, 11) is 3.60. The third-order valence-electron chi connectivity index (χ3n) is 4.84. The van der Waals surface area contributed by atoms with Crippen LogP contribution < -0.4 is 10.1 Å². The van der Waals surface area contributed by atoms with Crippen molar-refractivity contribution >= 4 is 22.9 Å². The Morgan fingerprint density at radius 3 is 2.81 bits per heavy atom. The number of benzene rings is 1. The predicted octanol–water partition coefficient (Wildman–Crippen LogP) is 3.00. The van der Waals surface area contributed by atoms with Crippen LogP contribution in [0, 0.1) is 0 Å². The van der Waals surface area contributed by atoms with Gasteiger partial charge in [0.25, 0.3) is 0 Å². The van der Waals surface area contributed by atoms with Gasteiger partial charge >= 0.3 is 6.03 Å². The summed E-state index contributed by atoms with van der Waals surface area (Å²) >= 11 is 0. The first-order chi connectivity index (χ1) is 12.7. The lowest BCUT2D eigenvalue weighted by atomic mass is 10.1. The third-order valence-corrected chi connectivity index (χ3v) is 4.84. The summed E-state index contributed by atoms with van der Waals surface area (Å²) in [5.41, 5.74) is 2.53. The standard InChI is InChI=1S/C19H21N5O2/c1-23-17(22-16-4-3-10-20-18(16)23)13-9-11-24(12-13)19(25)21-14-5-7-15(26-2)8-6-14/h3-8,10,13H,9,11-12H2,1-2H3,(H,21,25). The number of methoxy groups -OCH3 is 1. The number of carbonyl (C=O) groups excluding carboxylic acids is 1. The van der Waals surface area contributed by atoms with E-state index in [-0.39, 0.29) is 11.9 Å². The second kappa shape index (κ2) is 6.67. The Morgan fingerprint density at radius 1 is 1.27 bits per heavy atom. The summed E-state index contributed by atoms with van der Waals surface area (Å²) < 4.78 is 7.17. The SMILES string of the molecule is COc1ccc(NC(=O)N2CCC(c3nc4cccnc4n3C)C2)cc1. The number of nitrogens with one attached hydrogen (secondary N) is 1. The Bertz CT molecular complexity index is 935. The molecule has 0 spiro atoms. The van der Waals surface area contributed by atoms with Crippen molar-refractivity contribution in [3.8, 4) is 5.75 Å². The maximum Gasteiger partial charge on any atom is 0.321 e. The van der Waals surface area contributed by atoms with Crippen molar-refractivity contribution in [1.29, 1.82) is 0 Å². The Hall–Kier alpha value is -3.09. The van der Waals surface area contributed by atoms with Gasteiger partial charge in [-0.25, -0.2) is 14.8 Å². The summed E-state index contributed by atoms with van der Waals surface area (Å²) in [6.45, 7) is 1.36. The molecule has 4 rings (SSSR count). The first-order valence-electron chi connectivity index (χ1n) is 8.63. The molecule has 1 unspecified atom stereocenters. The topological polar surface area (TPSA) is 72.3 Å². The fraction of sp³-hybridized carbons (Fsp3) is 0.316. The molecule has 0 aliphatic carbocycles. The molecule has 2 aromatic heterocycles. The highest BCUT2D eigenvalue weighted by Gasteiger charge is 2.30. The minimum Gasteiger partial charge on any atom is -0.497 e. The molecule has 7 heteroatoms. The minimum absolute atomic E-state index is 0.0884. The average Bonchev–Trinajstić information content (AvgIpc) is 3.28. The molecule has 0 saturated carbocycles. The summed E-state index contributed by atoms with van der Waals surface area (Å²) in [5.74, 6) is 1.97. The Kier molecular flexibility index (Phi) is 4.20. The van der Waals surface area contributed by atoms with Crippen LogP contribution in [-0.4, -0.2) is 45.7 Å². The summed E-state index contributed by atoms with van der Waals surface area (Å²) in [6.07, 6.45) is 2.67. The van der Waals surface area contributed by atoms with Gasteiger partial charge in [-0.1, -0.05) is 0 Å². The zero-order chi connectivity index (χ0) is 18.1. The number of rotatable bonds is 3. The molecule has 26 heavy (non-hydrogen) atoms. The van der Waals surface area contributed by atoms with E-state index in [0.29, 0.717) is 13.1 Å². The molecular formula is C19H21N5O2. The summed E-state index contributed by atoms with van der Waals surface area (Å²) in [5, 5.41) is 2.94. The molecule has 134 valence electrons. The van der Waals surface area contributed by atoms with Crippen molar-refractivity contribution in [3.63, 3.8) is 0 Å². The fourth-order valence-corrected chi connectivity index (χ4v) is 3.44. The number of aryl methyl sites for hydroxylation is 1. The highest BCUT2D eigenvalue weighted by atomic mass is 16.5. The molecule has 1 fully saturated rings. The van der Waals surface area contributed by atoms with E-state index in [4.69, 9.17) is 9.72 Å². The summed E-state index contributed by atoms with van der Waals surface area (Å²) in [4.78, 5) is 23.5. The van der Waals surface area contributed by atoms with Crippen LogP contribution in [0.3, 0.4) is 0 Å². The average molecular weight is 351 g/mol. The van der Waals surface area contributed by atoms with Gasteiger partial charge in [0.2, 0.25) is 0 Å². The number of ether oxygens (including phenoxy) is 1. The van der Waals surface area contributed by atoms with Crippen molar-refractivity contribution in [2.75, 3.05) is 25.5 Å². The van der Waals surface area contributed by atoms with Crippen LogP contribution in [-0.2, 0) is 7.05 Å². The fourth-order valence-electron chi connectivity index (χ4n) is 3.44. The van der Waals surface area contributed by atoms with E-state index >= 15 is 0 Å². The lowest BCUT2D eigenvalue weighted by Crippen LogP contribution is -2.32. The molecule has 0 radical (unpaired) electrons. The lowest BCUT2D eigenvalue weighted by molar-refractivity contribution is 0.222. The molecule has 0 bridgehead atoms. The molecule has 1 N–H and O–H groups in total. The van der Waals surface area contributed by atoms with Crippen molar-refractivity contribution < 1.29 is 9.53 Å². The number of pyridine rings is 1. The van der Waals surface area contributed by atoms with E-state index in [2.05, 4.69) is 10.3 Å². The van der Waals surface area contributed by atoms with Crippen molar-refractivity contribution in [2.24, 2.45) is 7.05 Å². The number of urea groups is 1. The van der Waals surface area contributed by atoms with Crippen molar-refractivity contribution in [3.05, 3.63) is 48.4 Å². The molecular weight excluding hydrogens is 330 g/mol. The van der Waals surface area contributed by atoms with Crippen LogP contribution in [0.2, 0.25) is 0 Å². The number of likely N-dealkylation sites (tertiary alicyclic amines) is 1. The Balaban J connectivity index is 1.45. The van der Waals surface area contributed by atoms with E-state index < -0.39 is 0 Å².